The van der Waals surface area contributed by atoms with Crippen LogP contribution in [0, 0.1) is 0 Å². The molecule has 0 saturated carbocycles. The van der Waals surface area contributed by atoms with Gasteiger partial charge in [-0.3, -0.25) is 4.98 Å². The number of rotatable bonds is 5. The van der Waals surface area contributed by atoms with E-state index in [-0.39, 0.29) is 12.6 Å². The molecule has 0 unspecified atom stereocenters. The molecule has 166 valence electrons. The highest BCUT2D eigenvalue weighted by molar-refractivity contribution is 7.18. The summed E-state index contributed by atoms with van der Waals surface area (Å²) in [5, 5.41) is 17.3. The molecule has 1 N–H and O–H groups in total. The minimum absolute atomic E-state index is 0.0579. The number of hydrogen-bond donors (Lipinski definition) is 1. The molecule has 5 heterocycles. The number of nitrogens with one attached hydrogen (secondary N) is 1. The average molecular weight is 458 g/mol. The smallest absolute Gasteiger partial charge is 0.373 e. The lowest BCUT2D eigenvalue weighted by Crippen LogP contribution is -2.46. The predicted molar refractivity (Wildman–Crippen MR) is 119 cm³/mol. The molecule has 1 aliphatic heterocycles. The molecule has 0 aliphatic carbocycles. The molecule has 0 atom stereocenters. The van der Waals surface area contributed by atoms with Gasteiger partial charge in [0, 0.05) is 30.7 Å². The van der Waals surface area contributed by atoms with E-state index in [9.17, 15) is 8.78 Å². The Morgan fingerprint density at radius 2 is 2.09 bits per heavy atom. The number of hydrogen-bond acceptors (Lipinski definition) is 8. The van der Waals surface area contributed by atoms with E-state index in [0.29, 0.717) is 16.7 Å². The second-order valence-corrected chi connectivity index (χ2v) is 8.75. The highest BCUT2D eigenvalue weighted by atomic mass is 32.1. The van der Waals surface area contributed by atoms with Crippen molar-refractivity contribution in [3.05, 3.63) is 42.7 Å². The summed E-state index contributed by atoms with van der Waals surface area (Å²) in [6.07, 6.45) is 0.280. The molecular weight excluding hydrogens is 436 g/mol. The highest BCUT2D eigenvalue weighted by Crippen LogP contribution is 2.36. The van der Waals surface area contributed by atoms with Crippen molar-refractivity contribution in [1.82, 2.24) is 24.8 Å². The monoisotopic (exact) mass is 457 g/mol. The largest absolute Gasteiger partial charge is 0.382 e. The van der Waals surface area contributed by atoms with Gasteiger partial charge in [0.05, 0.1) is 29.1 Å². The van der Waals surface area contributed by atoms with Crippen LogP contribution in [0.5, 0.6) is 0 Å². The second kappa shape index (κ2) is 8.06. The Morgan fingerprint density at radius 1 is 1.22 bits per heavy atom. The third-order valence-electron chi connectivity index (χ3n) is 5.00. The van der Waals surface area contributed by atoms with Gasteiger partial charge in [-0.05, 0) is 44.2 Å². The van der Waals surface area contributed by atoms with E-state index < -0.39 is 12.7 Å². The summed E-state index contributed by atoms with van der Waals surface area (Å²) in [5.74, 6) is 0. The average Bonchev–Trinajstić information content (AvgIpc) is 3.40. The molecule has 5 rings (SSSR count). The third kappa shape index (κ3) is 4.00. The Kier molecular flexibility index (Phi) is 5.22. The van der Waals surface area contributed by atoms with Crippen molar-refractivity contribution in [2.45, 2.75) is 26.0 Å². The zero-order valence-electron chi connectivity index (χ0n) is 17.5. The molecule has 4 aromatic heterocycles. The Bertz CT molecular complexity index is 1260. The van der Waals surface area contributed by atoms with Gasteiger partial charge in [-0.25, -0.2) is 4.52 Å². The van der Waals surface area contributed by atoms with Crippen LogP contribution in [0.4, 0.5) is 19.6 Å². The Hall–Kier alpha value is -3.18. The van der Waals surface area contributed by atoms with Crippen LogP contribution in [0.1, 0.15) is 13.8 Å². The number of alkyl halides is 2. The first-order valence-corrected chi connectivity index (χ1v) is 11.0. The van der Waals surface area contributed by atoms with Crippen LogP contribution in [-0.2, 0) is 4.74 Å². The van der Waals surface area contributed by atoms with Gasteiger partial charge in [0.15, 0.2) is 5.01 Å². The van der Waals surface area contributed by atoms with Crippen LogP contribution in [-0.4, -0.2) is 56.6 Å². The molecular formula is C21H21F2N7OS. The molecule has 1 fully saturated rings. The fourth-order valence-corrected chi connectivity index (χ4v) is 4.50. The van der Waals surface area contributed by atoms with Gasteiger partial charge in [-0.1, -0.05) is 11.3 Å². The second-order valence-electron chi connectivity index (χ2n) is 7.79. The van der Waals surface area contributed by atoms with Crippen molar-refractivity contribution < 1.29 is 13.5 Å². The standard InChI is InChI=1S/C21H21F2N7OS/c1-13(2)26-16-10-17(18-6-5-14-4-3-7-25-30(14)18)24-11-15(16)19-27-28-20(32-19)29-8-9-31-21(22,23)12-29/h3-7,10-11,13H,8-9,12H2,1-2H3,(H,24,26). The van der Waals surface area contributed by atoms with Crippen molar-refractivity contribution in [3.63, 3.8) is 0 Å². The molecule has 0 spiro atoms. The lowest BCUT2D eigenvalue weighted by atomic mass is 10.1. The summed E-state index contributed by atoms with van der Waals surface area (Å²) in [6, 6.07) is 9.95. The van der Waals surface area contributed by atoms with Gasteiger partial charge in [-0.2, -0.15) is 13.9 Å². The molecule has 32 heavy (non-hydrogen) atoms. The quantitative estimate of drug-likeness (QED) is 0.482. The van der Waals surface area contributed by atoms with Gasteiger partial charge in [0.1, 0.15) is 6.54 Å². The predicted octanol–water partition coefficient (Wildman–Crippen LogP) is 4.16. The number of aromatic nitrogens is 5. The van der Waals surface area contributed by atoms with Crippen LogP contribution >= 0.6 is 11.3 Å². The maximum absolute atomic E-state index is 13.6. The van der Waals surface area contributed by atoms with E-state index in [0.717, 1.165) is 28.2 Å². The molecule has 0 aromatic carbocycles. The van der Waals surface area contributed by atoms with Crippen LogP contribution in [0.2, 0.25) is 0 Å². The first-order valence-electron chi connectivity index (χ1n) is 10.2. The molecule has 0 bridgehead atoms. The highest BCUT2D eigenvalue weighted by Gasteiger charge is 2.38. The van der Waals surface area contributed by atoms with Crippen molar-refractivity contribution in [3.8, 4) is 22.0 Å². The third-order valence-corrected chi connectivity index (χ3v) is 6.01. The zero-order valence-corrected chi connectivity index (χ0v) is 18.3. The Morgan fingerprint density at radius 3 is 2.91 bits per heavy atom. The number of anilines is 2. The SMILES string of the molecule is CC(C)Nc1cc(-c2ccc3cccnn23)ncc1-c1nnc(N2CCOC(F)(F)C2)s1. The fraction of sp³-hybridized carbons (Fsp3) is 0.333. The molecule has 1 saturated heterocycles. The van der Waals surface area contributed by atoms with Gasteiger partial charge in [0.2, 0.25) is 5.13 Å². The van der Waals surface area contributed by atoms with E-state index in [1.54, 1.807) is 12.4 Å². The van der Waals surface area contributed by atoms with E-state index in [1.807, 2.05) is 48.7 Å². The van der Waals surface area contributed by atoms with Crippen molar-refractivity contribution in [2.24, 2.45) is 0 Å². The Labute approximate surface area is 186 Å². The lowest BCUT2D eigenvalue weighted by molar-refractivity contribution is -0.240. The van der Waals surface area contributed by atoms with Crippen LogP contribution in [0.3, 0.4) is 0 Å². The van der Waals surface area contributed by atoms with Gasteiger partial charge < -0.3 is 15.0 Å². The van der Waals surface area contributed by atoms with Crippen LogP contribution < -0.4 is 10.2 Å². The van der Waals surface area contributed by atoms with E-state index in [4.69, 9.17) is 0 Å². The zero-order chi connectivity index (χ0) is 22.3. The summed E-state index contributed by atoms with van der Waals surface area (Å²) < 4.78 is 33.6. The molecule has 8 nitrogen and oxygen atoms in total. The summed E-state index contributed by atoms with van der Waals surface area (Å²) >= 11 is 1.26. The summed E-state index contributed by atoms with van der Waals surface area (Å²) in [6.45, 7) is 3.83. The fourth-order valence-electron chi connectivity index (χ4n) is 3.60. The number of nitrogens with zero attached hydrogens (tertiary/aromatic N) is 6. The van der Waals surface area contributed by atoms with Gasteiger partial charge in [0.25, 0.3) is 0 Å². The first kappa shape index (κ1) is 20.7. The number of halogens is 2. The molecule has 0 amide bonds. The lowest BCUT2D eigenvalue weighted by Gasteiger charge is -2.31. The normalized spacial score (nSPS) is 16.1. The maximum atomic E-state index is 13.6. The first-order chi connectivity index (χ1) is 15.4. The van der Waals surface area contributed by atoms with Crippen LogP contribution in [0.25, 0.3) is 27.5 Å². The number of fused-ring (bicyclic) bond motifs is 1. The maximum Gasteiger partial charge on any atom is 0.373 e. The molecule has 11 heteroatoms. The van der Waals surface area contributed by atoms with Crippen molar-refractivity contribution in [1.29, 1.82) is 0 Å². The van der Waals surface area contributed by atoms with Crippen molar-refractivity contribution >= 4 is 27.7 Å². The number of pyridine rings is 1. The summed E-state index contributed by atoms with van der Waals surface area (Å²) in [5.41, 5.74) is 4.20. The number of ether oxygens (including phenoxy) is 1. The summed E-state index contributed by atoms with van der Waals surface area (Å²) in [7, 11) is 0. The van der Waals surface area contributed by atoms with Crippen molar-refractivity contribution in [2.75, 3.05) is 29.9 Å². The minimum atomic E-state index is -3.19. The van der Waals surface area contributed by atoms with E-state index >= 15 is 0 Å². The molecule has 4 aromatic rings. The van der Waals surface area contributed by atoms with E-state index in [1.165, 1.54) is 16.2 Å². The topological polar surface area (TPSA) is 80.5 Å². The molecule has 0 radical (unpaired) electrons. The molecule has 1 aliphatic rings. The van der Waals surface area contributed by atoms with Crippen LogP contribution in [0.15, 0.2) is 42.7 Å². The minimum Gasteiger partial charge on any atom is -0.382 e. The Balaban J connectivity index is 1.51. The van der Waals surface area contributed by atoms with E-state index in [2.05, 4.69) is 30.3 Å². The summed E-state index contributed by atoms with van der Waals surface area (Å²) in [4.78, 5) is 6.15. The van der Waals surface area contributed by atoms with Gasteiger partial charge >= 0.3 is 6.11 Å². The number of morpholine rings is 1. The van der Waals surface area contributed by atoms with Gasteiger partial charge in [-0.15, -0.1) is 10.2 Å².